The van der Waals surface area contributed by atoms with E-state index in [1.165, 1.54) is 44.2 Å². The number of rotatable bonds is 9. The lowest BCUT2D eigenvalue weighted by Crippen LogP contribution is -2.48. The molecule has 4 N–H and O–H groups in total. The van der Waals surface area contributed by atoms with Crippen LogP contribution in [0.1, 0.15) is 60.9 Å². The van der Waals surface area contributed by atoms with E-state index in [4.69, 9.17) is 4.74 Å². The summed E-state index contributed by atoms with van der Waals surface area (Å²) < 4.78 is 18.7. The fourth-order valence-electron chi connectivity index (χ4n) is 3.85. The average Bonchev–Trinajstić information content (AvgIpc) is 2.80. The number of aromatic nitrogens is 2. The molecule has 0 spiro atoms. The summed E-state index contributed by atoms with van der Waals surface area (Å²) in [7, 11) is 1.57. The Bertz CT molecular complexity index is 919. The highest BCUT2D eigenvalue weighted by Gasteiger charge is 2.29. The second-order valence-corrected chi connectivity index (χ2v) is 8.47. The zero-order valence-electron chi connectivity index (χ0n) is 18.5. The Labute approximate surface area is 187 Å². The van der Waals surface area contributed by atoms with Crippen molar-refractivity contribution < 1.29 is 24.1 Å². The summed E-state index contributed by atoms with van der Waals surface area (Å²) in [6.45, 7) is 2.76. The van der Waals surface area contributed by atoms with Crippen molar-refractivity contribution >= 4 is 5.91 Å². The van der Waals surface area contributed by atoms with Gasteiger partial charge in [0.1, 0.15) is 17.4 Å². The van der Waals surface area contributed by atoms with Crippen LogP contribution in [0.3, 0.4) is 0 Å². The molecule has 1 fully saturated rings. The van der Waals surface area contributed by atoms with E-state index < -0.39 is 23.3 Å². The van der Waals surface area contributed by atoms with Crippen molar-refractivity contribution in [1.29, 1.82) is 0 Å². The highest BCUT2D eigenvalue weighted by atomic mass is 19.1. The van der Waals surface area contributed by atoms with Gasteiger partial charge in [0.15, 0.2) is 5.69 Å². The minimum Gasteiger partial charge on any atom is -0.501 e. The van der Waals surface area contributed by atoms with Crippen LogP contribution in [0.15, 0.2) is 24.3 Å². The average molecular weight is 447 g/mol. The number of aromatic hydroxyl groups is 2. The zero-order chi connectivity index (χ0) is 23.1. The number of methoxy groups -OCH3 is 1. The summed E-state index contributed by atoms with van der Waals surface area (Å²) in [5.41, 5.74) is -0.458. The smallest absolute Gasteiger partial charge is 0.274 e. The standard InChI is InChI=1S/C23H31FN4O4/c1-23(32-2,26-14-15-6-4-3-5-7-15)12-18-27-19(20(29)22(31)28-18)21(30)25-13-16-8-10-17(24)11-9-16/h8-11,15,26,29H,3-7,12-14H2,1-2H3,(H,25,30)(H,27,28,31). The predicted octanol–water partition coefficient (Wildman–Crippen LogP) is 3.03. The van der Waals surface area contributed by atoms with Crippen LogP contribution < -0.4 is 10.6 Å². The first-order chi connectivity index (χ1) is 15.3. The van der Waals surface area contributed by atoms with Gasteiger partial charge in [0, 0.05) is 20.2 Å². The lowest BCUT2D eigenvalue weighted by molar-refractivity contribution is -0.0283. The van der Waals surface area contributed by atoms with Gasteiger partial charge in [0.2, 0.25) is 5.75 Å². The monoisotopic (exact) mass is 446 g/mol. The summed E-state index contributed by atoms with van der Waals surface area (Å²) in [4.78, 5) is 20.7. The molecule has 0 aliphatic heterocycles. The molecule has 1 aromatic carbocycles. The molecule has 0 radical (unpaired) electrons. The topological polar surface area (TPSA) is 117 Å². The lowest BCUT2D eigenvalue weighted by Gasteiger charge is -2.32. The van der Waals surface area contributed by atoms with Gasteiger partial charge in [-0.1, -0.05) is 31.4 Å². The number of nitrogens with one attached hydrogen (secondary N) is 2. The summed E-state index contributed by atoms with van der Waals surface area (Å²) in [6.07, 6.45) is 6.30. The van der Waals surface area contributed by atoms with Crippen LogP contribution in [0, 0.1) is 11.7 Å². The Hall–Kier alpha value is -2.78. The van der Waals surface area contributed by atoms with Crippen LogP contribution in [0.5, 0.6) is 11.6 Å². The van der Waals surface area contributed by atoms with Gasteiger partial charge in [-0.25, -0.2) is 9.37 Å². The minimum atomic E-state index is -0.803. The fraction of sp³-hybridized carbons (Fsp3) is 0.522. The number of halogens is 1. The van der Waals surface area contributed by atoms with Crippen LogP contribution in [-0.4, -0.2) is 45.5 Å². The molecule has 1 atom stereocenters. The van der Waals surface area contributed by atoms with Crippen molar-refractivity contribution in [2.45, 2.75) is 57.7 Å². The predicted molar refractivity (Wildman–Crippen MR) is 117 cm³/mol. The molecule has 3 rings (SSSR count). The largest absolute Gasteiger partial charge is 0.501 e. The molecule has 1 aromatic heterocycles. The van der Waals surface area contributed by atoms with Crippen LogP contribution in [0.25, 0.3) is 0 Å². The maximum absolute atomic E-state index is 13.0. The number of carbonyl (C=O) groups is 1. The molecule has 1 amide bonds. The first-order valence-corrected chi connectivity index (χ1v) is 10.9. The van der Waals surface area contributed by atoms with Gasteiger partial charge in [-0.3, -0.25) is 10.1 Å². The molecule has 0 saturated heterocycles. The maximum atomic E-state index is 13.0. The molecule has 1 aliphatic carbocycles. The highest BCUT2D eigenvalue weighted by molar-refractivity contribution is 5.95. The fourth-order valence-corrected chi connectivity index (χ4v) is 3.85. The van der Waals surface area contributed by atoms with Crippen molar-refractivity contribution in [3.63, 3.8) is 0 Å². The van der Waals surface area contributed by atoms with Crippen LogP contribution >= 0.6 is 0 Å². The number of hydrogen-bond acceptors (Lipinski definition) is 7. The Morgan fingerprint density at radius 2 is 1.88 bits per heavy atom. The Kier molecular flexibility index (Phi) is 7.98. The van der Waals surface area contributed by atoms with E-state index in [1.54, 1.807) is 19.2 Å². The number of nitrogens with zero attached hydrogens (tertiary/aromatic N) is 2. The van der Waals surface area contributed by atoms with Gasteiger partial charge >= 0.3 is 0 Å². The molecule has 1 unspecified atom stereocenters. The molecule has 8 nitrogen and oxygen atoms in total. The molecule has 1 aliphatic rings. The molecule has 9 heteroatoms. The van der Waals surface area contributed by atoms with Crippen molar-refractivity contribution in [2.75, 3.05) is 13.7 Å². The zero-order valence-corrected chi connectivity index (χ0v) is 18.5. The third-order valence-electron chi connectivity index (χ3n) is 5.93. The van der Waals surface area contributed by atoms with E-state index in [2.05, 4.69) is 20.6 Å². The number of benzene rings is 1. The summed E-state index contributed by atoms with van der Waals surface area (Å²) in [5, 5.41) is 26.2. The second kappa shape index (κ2) is 10.7. The van der Waals surface area contributed by atoms with E-state index in [1.807, 2.05) is 6.92 Å². The molecule has 0 bridgehead atoms. The molecule has 174 valence electrons. The summed E-state index contributed by atoms with van der Waals surface area (Å²) in [5.74, 6) is -1.68. The minimum absolute atomic E-state index is 0.109. The van der Waals surface area contributed by atoms with E-state index in [0.29, 0.717) is 11.5 Å². The normalized spacial score (nSPS) is 16.5. The number of amides is 1. The third-order valence-corrected chi connectivity index (χ3v) is 5.93. The molecular formula is C23H31FN4O4. The SMILES string of the molecule is COC(C)(Cc1nc(O)c(O)c(C(=O)NCc2ccc(F)cc2)n1)NCC1CCCCC1. The molecule has 1 saturated carbocycles. The van der Waals surface area contributed by atoms with E-state index in [9.17, 15) is 19.4 Å². The van der Waals surface area contributed by atoms with Crippen LogP contribution in [0.2, 0.25) is 0 Å². The van der Waals surface area contributed by atoms with Crippen LogP contribution in [-0.2, 0) is 17.7 Å². The number of ether oxygens (including phenoxy) is 1. The quantitative estimate of drug-likeness (QED) is 0.438. The Morgan fingerprint density at radius 3 is 2.53 bits per heavy atom. The third kappa shape index (κ3) is 6.37. The number of carbonyl (C=O) groups excluding carboxylic acids is 1. The van der Waals surface area contributed by atoms with Gasteiger partial charge in [0.05, 0.1) is 6.42 Å². The van der Waals surface area contributed by atoms with Gasteiger partial charge in [-0.2, -0.15) is 4.98 Å². The van der Waals surface area contributed by atoms with Gasteiger partial charge < -0.3 is 20.3 Å². The van der Waals surface area contributed by atoms with Gasteiger partial charge in [-0.05, 0) is 43.4 Å². The summed E-state index contributed by atoms with van der Waals surface area (Å²) >= 11 is 0. The first-order valence-electron chi connectivity index (χ1n) is 10.9. The Balaban J connectivity index is 1.68. The van der Waals surface area contributed by atoms with E-state index in [-0.39, 0.29) is 30.3 Å². The maximum Gasteiger partial charge on any atom is 0.274 e. The van der Waals surface area contributed by atoms with E-state index in [0.717, 1.165) is 6.54 Å². The number of hydrogen-bond donors (Lipinski definition) is 4. The highest BCUT2D eigenvalue weighted by Crippen LogP contribution is 2.27. The van der Waals surface area contributed by atoms with Crippen LogP contribution in [0.4, 0.5) is 4.39 Å². The molecular weight excluding hydrogens is 415 g/mol. The lowest BCUT2D eigenvalue weighted by atomic mass is 9.89. The van der Waals surface area contributed by atoms with Crippen molar-refractivity contribution in [3.05, 3.63) is 47.2 Å². The van der Waals surface area contributed by atoms with Gasteiger partial charge in [0.25, 0.3) is 11.8 Å². The molecule has 32 heavy (non-hydrogen) atoms. The first kappa shape index (κ1) is 23.9. The van der Waals surface area contributed by atoms with Crippen molar-refractivity contribution in [1.82, 2.24) is 20.6 Å². The Morgan fingerprint density at radius 1 is 1.19 bits per heavy atom. The summed E-state index contributed by atoms with van der Waals surface area (Å²) in [6, 6.07) is 5.67. The molecule has 2 aromatic rings. The molecule has 1 heterocycles. The van der Waals surface area contributed by atoms with Crippen molar-refractivity contribution in [3.8, 4) is 11.6 Å². The van der Waals surface area contributed by atoms with E-state index >= 15 is 0 Å². The van der Waals surface area contributed by atoms with Gasteiger partial charge in [-0.15, -0.1) is 0 Å². The second-order valence-electron chi connectivity index (χ2n) is 8.47. The van der Waals surface area contributed by atoms with Crippen molar-refractivity contribution in [2.24, 2.45) is 5.92 Å².